The number of nitrogens with one attached hydrogen (secondary N) is 1. The van der Waals surface area contributed by atoms with Crippen LogP contribution in [0.25, 0.3) is 17.1 Å². The second-order valence-corrected chi connectivity index (χ2v) is 9.39. The summed E-state index contributed by atoms with van der Waals surface area (Å²) in [6.07, 6.45) is 1.59. The first kappa shape index (κ1) is 21.9. The highest BCUT2D eigenvalue weighted by molar-refractivity contribution is 7.99. The molecule has 6 nitrogen and oxygen atoms in total. The van der Waals surface area contributed by atoms with Crippen molar-refractivity contribution < 1.29 is 9.21 Å². The minimum Gasteiger partial charge on any atom is -0.467 e. The summed E-state index contributed by atoms with van der Waals surface area (Å²) >= 11 is 1.36. The van der Waals surface area contributed by atoms with Crippen molar-refractivity contribution in [3.63, 3.8) is 0 Å². The third-order valence-corrected chi connectivity index (χ3v) is 5.96. The van der Waals surface area contributed by atoms with Crippen molar-refractivity contribution in [1.29, 1.82) is 0 Å². The second kappa shape index (κ2) is 9.44. The van der Waals surface area contributed by atoms with Gasteiger partial charge in [-0.3, -0.25) is 9.36 Å². The molecule has 32 heavy (non-hydrogen) atoms. The van der Waals surface area contributed by atoms with Crippen LogP contribution in [0.15, 0.2) is 82.6 Å². The van der Waals surface area contributed by atoms with Gasteiger partial charge in [-0.15, -0.1) is 10.2 Å². The fraction of sp³-hybridized carbons (Fsp3) is 0.240. The quantitative estimate of drug-likeness (QED) is 0.393. The van der Waals surface area contributed by atoms with Gasteiger partial charge in [0.05, 0.1) is 18.6 Å². The number of furan rings is 1. The zero-order valence-electron chi connectivity index (χ0n) is 18.4. The van der Waals surface area contributed by atoms with E-state index >= 15 is 0 Å². The van der Waals surface area contributed by atoms with Crippen molar-refractivity contribution in [2.24, 2.45) is 0 Å². The lowest BCUT2D eigenvalue weighted by atomic mass is 9.87. The smallest absolute Gasteiger partial charge is 0.230 e. The number of carbonyl (C=O) groups excluding carboxylic acids is 1. The molecule has 0 fully saturated rings. The van der Waals surface area contributed by atoms with Gasteiger partial charge in [0.25, 0.3) is 0 Å². The van der Waals surface area contributed by atoms with Gasteiger partial charge in [0.15, 0.2) is 11.0 Å². The Morgan fingerprint density at radius 1 is 1.00 bits per heavy atom. The molecule has 4 rings (SSSR count). The molecule has 0 bridgehead atoms. The average Bonchev–Trinajstić information content (AvgIpc) is 3.46. The van der Waals surface area contributed by atoms with Crippen LogP contribution in [0, 0.1) is 0 Å². The van der Waals surface area contributed by atoms with Gasteiger partial charge in [-0.1, -0.05) is 75.0 Å². The molecule has 0 aliphatic heterocycles. The lowest BCUT2D eigenvalue weighted by molar-refractivity contribution is -0.118. The van der Waals surface area contributed by atoms with Gasteiger partial charge < -0.3 is 9.73 Å². The van der Waals surface area contributed by atoms with Crippen molar-refractivity contribution >= 4 is 17.7 Å². The van der Waals surface area contributed by atoms with Gasteiger partial charge in [0.1, 0.15) is 5.76 Å². The molecule has 2 heterocycles. The Bertz CT molecular complexity index is 1160. The van der Waals surface area contributed by atoms with Crippen LogP contribution in [0.1, 0.15) is 32.1 Å². The molecule has 164 valence electrons. The first-order valence-electron chi connectivity index (χ1n) is 10.5. The van der Waals surface area contributed by atoms with Crippen LogP contribution in [-0.4, -0.2) is 26.4 Å². The van der Waals surface area contributed by atoms with E-state index in [0.29, 0.717) is 11.7 Å². The number of aromatic nitrogens is 3. The minimum atomic E-state index is -0.0925. The third kappa shape index (κ3) is 5.11. The lowest BCUT2D eigenvalue weighted by Crippen LogP contribution is -2.24. The molecule has 0 saturated heterocycles. The predicted octanol–water partition coefficient (Wildman–Crippen LogP) is 5.23. The van der Waals surface area contributed by atoms with Crippen molar-refractivity contribution in [2.45, 2.75) is 37.9 Å². The van der Waals surface area contributed by atoms with Crippen LogP contribution < -0.4 is 5.32 Å². The average molecular weight is 447 g/mol. The summed E-state index contributed by atoms with van der Waals surface area (Å²) in [6, 6.07) is 22.0. The number of hydrogen-bond donors (Lipinski definition) is 1. The fourth-order valence-corrected chi connectivity index (χ4v) is 4.04. The summed E-state index contributed by atoms with van der Waals surface area (Å²) in [7, 11) is 0. The van der Waals surface area contributed by atoms with Gasteiger partial charge in [0, 0.05) is 11.3 Å². The van der Waals surface area contributed by atoms with Crippen LogP contribution >= 0.6 is 11.8 Å². The maximum absolute atomic E-state index is 12.3. The van der Waals surface area contributed by atoms with Gasteiger partial charge in [-0.25, -0.2) is 0 Å². The SMILES string of the molecule is CC(C)(C)c1ccc(-c2nnc(SCC(=O)NCc3ccco3)n2-c2ccccc2)cc1. The van der Waals surface area contributed by atoms with Crippen LogP contribution in [0.4, 0.5) is 0 Å². The standard InChI is InChI=1S/C25H26N4O2S/c1-25(2,3)19-13-11-18(12-14-19)23-27-28-24(29(23)20-8-5-4-6-9-20)32-17-22(30)26-16-21-10-7-15-31-21/h4-15H,16-17H2,1-3H3,(H,26,30). The molecule has 2 aromatic carbocycles. The number of rotatable bonds is 7. The Hall–Kier alpha value is -3.32. The van der Waals surface area contributed by atoms with E-state index in [1.165, 1.54) is 17.3 Å². The zero-order chi connectivity index (χ0) is 22.6. The van der Waals surface area contributed by atoms with E-state index in [1.54, 1.807) is 12.3 Å². The maximum atomic E-state index is 12.3. The number of hydrogen-bond acceptors (Lipinski definition) is 5. The monoisotopic (exact) mass is 446 g/mol. The second-order valence-electron chi connectivity index (χ2n) is 8.45. The molecule has 7 heteroatoms. The van der Waals surface area contributed by atoms with Crippen molar-refractivity contribution in [1.82, 2.24) is 20.1 Å². The van der Waals surface area contributed by atoms with E-state index in [9.17, 15) is 4.79 Å². The van der Waals surface area contributed by atoms with Gasteiger partial charge in [0.2, 0.25) is 5.91 Å². The molecule has 0 radical (unpaired) electrons. The molecule has 0 unspecified atom stereocenters. The summed E-state index contributed by atoms with van der Waals surface area (Å²) in [5, 5.41) is 12.4. The van der Waals surface area contributed by atoms with Gasteiger partial charge >= 0.3 is 0 Å². The highest BCUT2D eigenvalue weighted by atomic mass is 32.2. The molecule has 2 aromatic heterocycles. The fourth-order valence-electron chi connectivity index (χ4n) is 3.26. The molecule has 0 saturated carbocycles. The molecule has 1 N–H and O–H groups in total. The summed E-state index contributed by atoms with van der Waals surface area (Å²) in [6.45, 7) is 6.95. The number of amides is 1. The molecule has 1 amide bonds. The van der Waals surface area contributed by atoms with E-state index in [1.807, 2.05) is 41.0 Å². The van der Waals surface area contributed by atoms with Crippen LogP contribution in [-0.2, 0) is 16.8 Å². The number of nitrogens with zero attached hydrogens (tertiary/aromatic N) is 3. The van der Waals surface area contributed by atoms with E-state index in [0.717, 1.165) is 22.8 Å². The molecular formula is C25H26N4O2S. The summed E-state index contributed by atoms with van der Waals surface area (Å²) in [4.78, 5) is 12.3. The minimum absolute atomic E-state index is 0.0790. The van der Waals surface area contributed by atoms with Crippen LogP contribution in [0.2, 0.25) is 0 Å². The highest BCUT2D eigenvalue weighted by Crippen LogP contribution is 2.30. The maximum Gasteiger partial charge on any atom is 0.230 e. The lowest BCUT2D eigenvalue weighted by Gasteiger charge is -2.19. The largest absolute Gasteiger partial charge is 0.467 e. The van der Waals surface area contributed by atoms with E-state index in [2.05, 4.69) is 60.6 Å². The first-order chi connectivity index (χ1) is 15.4. The van der Waals surface area contributed by atoms with Gasteiger partial charge in [-0.05, 0) is 35.2 Å². The number of benzene rings is 2. The molecule has 4 aromatic rings. The number of thioether (sulfide) groups is 1. The van der Waals surface area contributed by atoms with Crippen molar-refractivity contribution in [3.05, 3.63) is 84.3 Å². The third-order valence-electron chi connectivity index (χ3n) is 5.03. The number of carbonyl (C=O) groups is 1. The molecule has 0 spiro atoms. The van der Waals surface area contributed by atoms with Crippen LogP contribution in [0.5, 0.6) is 0 Å². The molecule has 0 atom stereocenters. The van der Waals surface area contributed by atoms with Crippen LogP contribution in [0.3, 0.4) is 0 Å². The summed E-state index contributed by atoms with van der Waals surface area (Å²) in [5.74, 6) is 1.60. The Morgan fingerprint density at radius 3 is 2.41 bits per heavy atom. The Labute approximate surface area is 192 Å². The first-order valence-corrected chi connectivity index (χ1v) is 11.4. The van der Waals surface area contributed by atoms with Crippen molar-refractivity contribution in [3.8, 4) is 17.1 Å². The molecule has 0 aliphatic carbocycles. The Morgan fingerprint density at radius 2 is 1.75 bits per heavy atom. The van der Waals surface area contributed by atoms with Crippen molar-refractivity contribution in [2.75, 3.05) is 5.75 Å². The normalized spacial score (nSPS) is 11.5. The van der Waals surface area contributed by atoms with Gasteiger partial charge in [-0.2, -0.15) is 0 Å². The number of para-hydroxylation sites is 1. The highest BCUT2D eigenvalue weighted by Gasteiger charge is 2.19. The predicted molar refractivity (Wildman–Crippen MR) is 127 cm³/mol. The van der Waals surface area contributed by atoms with E-state index in [4.69, 9.17) is 4.42 Å². The summed E-state index contributed by atoms with van der Waals surface area (Å²) in [5.41, 5.74) is 3.26. The molecular weight excluding hydrogens is 420 g/mol. The Balaban J connectivity index is 1.56. The Kier molecular flexibility index (Phi) is 6.46. The van der Waals surface area contributed by atoms with E-state index in [-0.39, 0.29) is 17.1 Å². The molecule has 0 aliphatic rings. The zero-order valence-corrected chi connectivity index (χ0v) is 19.2. The summed E-state index contributed by atoms with van der Waals surface area (Å²) < 4.78 is 7.25. The topological polar surface area (TPSA) is 73.0 Å². The van der Waals surface area contributed by atoms with E-state index < -0.39 is 0 Å².